The minimum atomic E-state index is -1.37. The minimum absolute atomic E-state index is 0.0515. The maximum atomic E-state index is 13.1. The summed E-state index contributed by atoms with van der Waals surface area (Å²) in [5.41, 5.74) is 2.35. The molecule has 12 nitrogen and oxygen atoms in total. The molecule has 40 heavy (non-hydrogen) atoms. The molecule has 0 aliphatic carbocycles. The number of hydroxylamine groups is 2. The second-order valence-electron chi connectivity index (χ2n) is 8.83. The number of nitrogens with zero attached hydrogens (tertiary/aromatic N) is 2. The second kappa shape index (κ2) is 13.4. The maximum Gasteiger partial charge on any atom is 0.326 e. The highest BCUT2D eigenvalue weighted by Crippen LogP contribution is 2.19. The summed E-state index contributed by atoms with van der Waals surface area (Å²) >= 11 is 0. The molecule has 3 atom stereocenters. The first-order valence-corrected chi connectivity index (χ1v) is 12.3. The van der Waals surface area contributed by atoms with Gasteiger partial charge in [-0.15, -0.1) is 0 Å². The van der Waals surface area contributed by atoms with Gasteiger partial charge >= 0.3 is 5.97 Å². The Hall–Kier alpha value is -4.65. The SMILES string of the molecule is CON(Cc1ccccc1)C(=O)[C@@H]1OCO[C@H]1C(=O)NC(Cc1ccc(NC(=O)c2ccncc2)cc1)C(=O)O. The van der Waals surface area contributed by atoms with E-state index in [4.69, 9.17) is 14.3 Å². The summed E-state index contributed by atoms with van der Waals surface area (Å²) in [6, 6.07) is 17.5. The van der Waals surface area contributed by atoms with E-state index in [1.165, 1.54) is 19.5 Å². The number of hydrogen-bond acceptors (Lipinski definition) is 8. The number of aliphatic carboxylic acids is 1. The van der Waals surface area contributed by atoms with Gasteiger partial charge < -0.3 is 25.2 Å². The van der Waals surface area contributed by atoms with Gasteiger partial charge in [0.25, 0.3) is 17.7 Å². The Kier molecular flexibility index (Phi) is 9.52. The van der Waals surface area contributed by atoms with Crippen molar-refractivity contribution in [3.8, 4) is 0 Å². The van der Waals surface area contributed by atoms with Crippen LogP contribution in [-0.4, -0.2) is 71.0 Å². The summed E-state index contributed by atoms with van der Waals surface area (Å²) in [4.78, 5) is 59.4. The predicted octanol–water partition coefficient (Wildman–Crippen LogP) is 1.78. The first-order chi connectivity index (χ1) is 19.4. The number of rotatable bonds is 11. The molecule has 3 aromatic rings. The number of aromatic nitrogens is 1. The molecule has 1 aromatic heterocycles. The minimum Gasteiger partial charge on any atom is -0.480 e. The molecule has 12 heteroatoms. The van der Waals surface area contributed by atoms with Crippen LogP contribution >= 0.6 is 0 Å². The summed E-state index contributed by atoms with van der Waals surface area (Å²) in [6.07, 6.45) is 0.286. The lowest BCUT2D eigenvalue weighted by molar-refractivity contribution is -0.189. The molecular weight excluding hydrogens is 520 g/mol. The van der Waals surface area contributed by atoms with Crippen LogP contribution in [0.4, 0.5) is 5.69 Å². The van der Waals surface area contributed by atoms with Gasteiger partial charge in [-0.2, -0.15) is 0 Å². The quantitative estimate of drug-likeness (QED) is 0.304. The number of nitrogens with one attached hydrogen (secondary N) is 2. The van der Waals surface area contributed by atoms with Crippen LogP contribution in [0.1, 0.15) is 21.5 Å². The van der Waals surface area contributed by atoms with Crippen molar-refractivity contribution < 1.29 is 38.6 Å². The van der Waals surface area contributed by atoms with Crippen molar-refractivity contribution in [3.05, 3.63) is 95.8 Å². The molecule has 2 aromatic carbocycles. The highest BCUT2D eigenvalue weighted by molar-refractivity contribution is 6.04. The smallest absolute Gasteiger partial charge is 0.326 e. The molecule has 0 radical (unpaired) electrons. The lowest BCUT2D eigenvalue weighted by Crippen LogP contribution is -2.52. The largest absolute Gasteiger partial charge is 0.480 e. The zero-order chi connectivity index (χ0) is 28.5. The zero-order valence-electron chi connectivity index (χ0n) is 21.6. The molecule has 1 aliphatic heterocycles. The fourth-order valence-electron chi connectivity index (χ4n) is 4.02. The lowest BCUT2D eigenvalue weighted by atomic mass is 10.0. The molecule has 208 valence electrons. The molecule has 3 amide bonds. The summed E-state index contributed by atoms with van der Waals surface area (Å²) in [6.45, 7) is -0.205. The van der Waals surface area contributed by atoms with Crippen LogP contribution in [0.2, 0.25) is 0 Å². The van der Waals surface area contributed by atoms with Gasteiger partial charge in [-0.1, -0.05) is 42.5 Å². The molecular formula is C28H28N4O8. The van der Waals surface area contributed by atoms with E-state index in [-0.39, 0.29) is 25.7 Å². The standard InChI is InChI=1S/C28H28N4O8/c1-38-32(16-19-5-3-2-4-6-19)27(35)24-23(39-17-40-24)26(34)31-22(28(36)37)15-18-7-9-21(10-8-18)30-25(33)20-11-13-29-14-12-20/h2-14,22-24H,15-17H2,1H3,(H,30,33)(H,31,34)(H,36,37)/t22?,23-,24-/m1/s1. The lowest BCUT2D eigenvalue weighted by Gasteiger charge is -2.25. The van der Waals surface area contributed by atoms with Crippen LogP contribution < -0.4 is 10.6 Å². The van der Waals surface area contributed by atoms with Gasteiger partial charge in [0.2, 0.25) is 0 Å². The third kappa shape index (κ3) is 7.26. The van der Waals surface area contributed by atoms with E-state index in [0.717, 1.165) is 10.6 Å². The Labute approximate surface area is 229 Å². The van der Waals surface area contributed by atoms with Gasteiger partial charge in [0.05, 0.1) is 13.7 Å². The number of carboxylic acids is 1. The van der Waals surface area contributed by atoms with E-state index in [1.807, 2.05) is 30.3 Å². The van der Waals surface area contributed by atoms with Crippen LogP contribution in [-0.2, 0) is 41.7 Å². The molecule has 3 N–H and O–H groups in total. The molecule has 1 fully saturated rings. The number of pyridine rings is 1. The number of benzene rings is 2. The first-order valence-electron chi connectivity index (χ1n) is 12.3. The monoisotopic (exact) mass is 548 g/mol. The van der Waals surface area contributed by atoms with E-state index >= 15 is 0 Å². The third-order valence-corrected chi connectivity index (χ3v) is 6.12. The van der Waals surface area contributed by atoms with Gasteiger partial charge in [-0.3, -0.25) is 24.2 Å². The van der Waals surface area contributed by atoms with Gasteiger partial charge in [-0.05, 0) is 35.4 Å². The van der Waals surface area contributed by atoms with Crippen LogP contribution in [0, 0.1) is 0 Å². The Morgan fingerprint density at radius 1 is 0.975 bits per heavy atom. The highest BCUT2D eigenvalue weighted by Gasteiger charge is 2.43. The molecule has 0 spiro atoms. The zero-order valence-corrected chi connectivity index (χ0v) is 21.6. The molecule has 0 bridgehead atoms. The Balaban J connectivity index is 1.36. The Morgan fingerprint density at radius 3 is 2.30 bits per heavy atom. The van der Waals surface area contributed by atoms with Gasteiger partial charge in [0.1, 0.15) is 12.8 Å². The average Bonchev–Trinajstić information content (AvgIpc) is 3.47. The number of amides is 3. The van der Waals surface area contributed by atoms with E-state index in [1.54, 1.807) is 36.4 Å². The maximum absolute atomic E-state index is 13.1. The van der Waals surface area contributed by atoms with Crippen molar-refractivity contribution in [2.75, 3.05) is 19.2 Å². The Bertz CT molecular complexity index is 1320. The average molecular weight is 549 g/mol. The van der Waals surface area contributed by atoms with Gasteiger partial charge in [0.15, 0.2) is 12.2 Å². The van der Waals surface area contributed by atoms with E-state index in [2.05, 4.69) is 15.6 Å². The number of carbonyl (C=O) groups is 4. The van der Waals surface area contributed by atoms with Crippen molar-refractivity contribution in [3.63, 3.8) is 0 Å². The molecule has 1 saturated heterocycles. The summed E-state index contributed by atoms with van der Waals surface area (Å²) in [5.74, 6) is -3.03. The first kappa shape index (κ1) is 28.4. The van der Waals surface area contributed by atoms with Crippen molar-refractivity contribution in [1.82, 2.24) is 15.4 Å². The molecule has 2 heterocycles. The van der Waals surface area contributed by atoms with Crippen LogP contribution in [0.25, 0.3) is 0 Å². The number of anilines is 1. The molecule has 0 saturated carbocycles. The van der Waals surface area contributed by atoms with Crippen LogP contribution in [0.5, 0.6) is 0 Å². The number of carboxylic acid groups (broad SMARTS) is 1. The van der Waals surface area contributed by atoms with E-state index in [0.29, 0.717) is 16.8 Å². The normalized spacial score (nSPS) is 17.0. The molecule has 1 aliphatic rings. The fraction of sp³-hybridized carbons (Fsp3) is 0.250. The van der Waals surface area contributed by atoms with E-state index < -0.39 is 36.0 Å². The fourth-order valence-corrected chi connectivity index (χ4v) is 4.02. The van der Waals surface area contributed by atoms with Gasteiger partial charge in [-0.25, -0.2) is 9.86 Å². The summed E-state index contributed by atoms with van der Waals surface area (Å²) in [5, 5.41) is 16.0. The van der Waals surface area contributed by atoms with Crippen molar-refractivity contribution in [2.24, 2.45) is 0 Å². The topological polar surface area (TPSA) is 156 Å². The Morgan fingerprint density at radius 2 is 1.65 bits per heavy atom. The van der Waals surface area contributed by atoms with Crippen molar-refractivity contribution in [1.29, 1.82) is 0 Å². The molecule has 4 rings (SSSR count). The van der Waals surface area contributed by atoms with Crippen LogP contribution in [0.15, 0.2) is 79.1 Å². The van der Waals surface area contributed by atoms with E-state index in [9.17, 15) is 24.3 Å². The summed E-state index contributed by atoms with van der Waals surface area (Å²) < 4.78 is 10.7. The second-order valence-corrected chi connectivity index (χ2v) is 8.83. The third-order valence-electron chi connectivity index (χ3n) is 6.12. The highest BCUT2D eigenvalue weighted by atomic mass is 16.7. The number of ether oxygens (including phenoxy) is 2. The number of carbonyl (C=O) groups excluding carboxylic acids is 3. The number of hydrogen-bond donors (Lipinski definition) is 3. The van der Waals surface area contributed by atoms with Crippen molar-refractivity contribution >= 4 is 29.4 Å². The van der Waals surface area contributed by atoms with Crippen molar-refractivity contribution in [2.45, 2.75) is 31.2 Å². The predicted molar refractivity (Wildman–Crippen MR) is 141 cm³/mol. The summed E-state index contributed by atoms with van der Waals surface area (Å²) in [7, 11) is 1.32. The van der Waals surface area contributed by atoms with Gasteiger partial charge in [0, 0.05) is 30.1 Å². The van der Waals surface area contributed by atoms with Crippen LogP contribution in [0.3, 0.4) is 0 Å². The molecule has 1 unspecified atom stereocenters.